The summed E-state index contributed by atoms with van der Waals surface area (Å²) in [5.74, 6) is 0.492. The van der Waals surface area contributed by atoms with E-state index in [2.05, 4.69) is 10.3 Å². The molecule has 142 valence electrons. The second-order valence-electron chi connectivity index (χ2n) is 6.78. The van der Waals surface area contributed by atoms with Crippen molar-refractivity contribution in [2.24, 2.45) is 0 Å². The quantitative estimate of drug-likeness (QED) is 0.761. The molecule has 1 N–H and O–H groups in total. The fraction of sp³-hybridized carbons (Fsp3) is 0.389. The number of carbonyl (C=O) groups is 2. The molecule has 2 amide bonds. The van der Waals surface area contributed by atoms with E-state index in [0.29, 0.717) is 33.8 Å². The third kappa shape index (κ3) is 3.58. The van der Waals surface area contributed by atoms with Gasteiger partial charge in [0.2, 0.25) is 11.8 Å². The van der Waals surface area contributed by atoms with Crippen LogP contribution < -0.4 is 5.32 Å². The first kappa shape index (κ1) is 19.1. The molecule has 9 heteroatoms. The SMILES string of the molecule is CC12CCC(=O)N1C(C(=O)Nc1ncc(Cc3cccc(Cl)c3Cl)s1)CS2. The van der Waals surface area contributed by atoms with Crippen LogP contribution in [0.3, 0.4) is 0 Å². The molecule has 4 rings (SSSR count). The van der Waals surface area contributed by atoms with Crippen molar-refractivity contribution in [1.82, 2.24) is 9.88 Å². The third-order valence-corrected chi connectivity index (χ3v) is 8.20. The van der Waals surface area contributed by atoms with Gasteiger partial charge in [-0.15, -0.1) is 23.1 Å². The van der Waals surface area contributed by atoms with Crippen molar-refractivity contribution in [3.8, 4) is 0 Å². The molecule has 0 aliphatic carbocycles. The maximum Gasteiger partial charge on any atom is 0.249 e. The van der Waals surface area contributed by atoms with Gasteiger partial charge in [0.1, 0.15) is 6.04 Å². The molecule has 0 saturated carbocycles. The molecule has 5 nitrogen and oxygen atoms in total. The number of nitrogens with zero attached hydrogens (tertiary/aromatic N) is 2. The number of hydrogen-bond donors (Lipinski definition) is 1. The number of thioether (sulfide) groups is 1. The summed E-state index contributed by atoms with van der Waals surface area (Å²) in [7, 11) is 0. The Kier molecular flexibility index (Phi) is 5.14. The summed E-state index contributed by atoms with van der Waals surface area (Å²) in [5.41, 5.74) is 0.913. The molecule has 27 heavy (non-hydrogen) atoms. The summed E-state index contributed by atoms with van der Waals surface area (Å²) >= 11 is 15.4. The number of fused-ring (bicyclic) bond motifs is 1. The zero-order valence-electron chi connectivity index (χ0n) is 14.5. The molecule has 2 unspecified atom stereocenters. The molecule has 2 aromatic rings. The first-order chi connectivity index (χ1) is 12.9. The first-order valence-corrected chi connectivity index (χ1v) is 11.1. The first-order valence-electron chi connectivity index (χ1n) is 8.52. The number of anilines is 1. The summed E-state index contributed by atoms with van der Waals surface area (Å²) in [6, 6.07) is 5.08. The number of aromatic nitrogens is 1. The highest BCUT2D eigenvalue weighted by atomic mass is 35.5. The van der Waals surface area contributed by atoms with Gasteiger partial charge in [0.25, 0.3) is 0 Å². The maximum atomic E-state index is 12.7. The number of carbonyl (C=O) groups excluding carboxylic acids is 2. The van der Waals surface area contributed by atoms with Crippen molar-refractivity contribution in [2.45, 2.75) is 37.1 Å². The number of nitrogens with one attached hydrogen (secondary N) is 1. The van der Waals surface area contributed by atoms with Crippen molar-refractivity contribution in [3.63, 3.8) is 0 Å². The molecule has 2 saturated heterocycles. The van der Waals surface area contributed by atoms with Crippen LogP contribution in [0.25, 0.3) is 0 Å². The van der Waals surface area contributed by atoms with E-state index < -0.39 is 6.04 Å². The van der Waals surface area contributed by atoms with Crippen LogP contribution in [0.1, 0.15) is 30.2 Å². The predicted octanol–water partition coefficient (Wildman–Crippen LogP) is 4.43. The van der Waals surface area contributed by atoms with Crippen LogP contribution in [-0.4, -0.2) is 38.4 Å². The molecule has 3 heterocycles. The summed E-state index contributed by atoms with van der Waals surface area (Å²) in [6.45, 7) is 2.03. The molecule has 0 spiro atoms. The van der Waals surface area contributed by atoms with Crippen molar-refractivity contribution in [1.29, 1.82) is 0 Å². The van der Waals surface area contributed by atoms with Crippen molar-refractivity contribution in [3.05, 3.63) is 44.9 Å². The molecule has 2 aliphatic heterocycles. The van der Waals surface area contributed by atoms with Crippen LogP contribution in [0.2, 0.25) is 10.0 Å². The van der Waals surface area contributed by atoms with Crippen molar-refractivity contribution in [2.75, 3.05) is 11.1 Å². The van der Waals surface area contributed by atoms with Crippen molar-refractivity contribution < 1.29 is 9.59 Å². The van der Waals surface area contributed by atoms with E-state index in [1.807, 2.05) is 19.1 Å². The highest BCUT2D eigenvalue weighted by Crippen LogP contribution is 2.47. The number of rotatable bonds is 4. The smallest absolute Gasteiger partial charge is 0.249 e. The highest BCUT2D eigenvalue weighted by molar-refractivity contribution is 8.01. The van der Waals surface area contributed by atoms with Crippen LogP contribution in [0.4, 0.5) is 5.13 Å². The molecular weight excluding hydrogens is 425 g/mol. The van der Waals surface area contributed by atoms with Gasteiger partial charge in [0.05, 0.1) is 14.9 Å². The second-order valence-corrected chi connectivity index (χ2v) is 10.2. The molecule has 1 aromatic carbocycles. The van der Waals surface area contributed by atoms with E-state index >= 15 is 0 Å². The Bertz CT molecular complexity index is 920. The van der Waals surface area contributed by atoms with Gasteiger partial charge in [0, 0.05) is 29.7 Å². The lowest BCUT2D eigenvalue weighted by Crippen LogP contribution is -2.48. The van der Waals surface area contributed by atoms with Gasteiger partial charge in [-0.1, -0.05) is 35.3 Å². The number of halogens is 2. The Labute approximate surface area is 175 Å². The van der Waals surface area contributed by atoms with E-state index in [9.17, 15) is 9.59 Å². The average Bonchev–Trinajstić information content (AvgIpc) is 3.28. The van der Waals surface area contributed by atoms with E-state index in [0.717, 1.165) is 16.9 Å². The van der Waals surface area contributed by atoms with Gasteiger partial charge in [-0.2, -0.15) is 0 Å². The standard InChI is InChI=1S/C18H17Cl2N3O2S2/c1-18-6-5-14(24)23(18)13(9-26-18)16(25)22-17-21-8-11(27-17)7-10-3-2-4-12(19)15(10)20/h2-4,8,13H,5-7,9H2,1H3,(H,21,22,25). The molecule has 0 bridgehead atoms. The third-order valence-electron chi connectivity index (χ3n) is 4.93. The Morgan fingerprint density at radius 3 is 3.07 bits per heavy atom. The fourth-order valence-electron chi connectivity index (χ4n) is 3.52. The summed E-state index contributed by atoms with van der Waals surface area (Å²) in [4.78, 5) is 31.7. The fourth-order valence-corrected chi connectivity index (χ4v) is 6.18. The van der Waals surface area contributed by atoms with Crippen LogP contribution in [0.15, 0.2) is 24.4 Å². The number of benzene rings is 1. The summed E-state index contributed by atoms with van der Waals surface area (Å²) in [6.07, 6.45) is 3.62. The largest absolute Gasteiger partial charge is 0.315 e. The predicted molar refractivity (Wildman–Crippen MR) is 111 cm³/mol. The lowest BCUT2D eigenvalue weighted by Gasteiger charge is -2.29. The van der Waals surface area contributed by atoms with E-state index in [-0.39, 0.29) is 16.7 Å². The van der Waals surface area contributed by atoms with Gasteiger partial charge in [-0.3, -0.25) is 9.59 Å². The zero-order chi connectivity index (χ0) is 19.2. The second kappa shape index (κ2) is 7.28. The minimum Gasteiger partial charge on any atom is -0.315 e. The van der Waals surface area contributed by atoms with Crippen LogP contribution >= 0.6 is 46.3 Å². The van der Waals surface area contributed by atoms with Gasteiger partial charge >= 0.3 is 0 Å². The van der Waals surface area contributed by atoms with Gasteiger partial charge < -0.3 is 10.2 Å². The number of thiazole rings is 1. The normalized spacial score (nSPS) is 24.3. The highest BCUT2D eigenvalue weighted by Gasteiger charge is 2.52. The Balaban J connectivity index is 1.44. The number of amides is 2. The Morgan fingerprint density at radius 1 is 1.44 bits per heavy atom. The minimum absolute atomic E-state index is 0.0538. The Hall–Kier alpha value is -1.28. The monoisotopic (exact) mass is 441 g/mol. The van der Waals surface area contributed by atoms with Crippen LogP contribution in [0.5, 0.6) is 0 Å². The lowest BCUT2D eigenvalue weighted by molar-refractivity contribution is -0.135. The lowest BCUT2D eigenvalue weighted by atomic mass is 10.1. The minimum atomic E-state index is -0.440. The topological polar surface area (TPSA) is 62.3 Å². The molecule has 2 fully saturated rings. The van der Waals surface area contributed by atoms with Crippen LogP contribution in [0, 0.1) is 0 Å². The van der Waals surface area contributed by atoms with Crippen molar-refractivity contribution >= 4 is 63.2 Å². The summed E-state index contributed by atoms with van der Waals surface area (Å²) < 4.78 is 0. The van der Waals surface area contributed by atoms with E-state index in [4.69, 9.17) is 23.2 Å². The van der Waals surface area contributed by atoms with E-state index in [1.54, 1.807) is 28.9 Å². The molecule has 0 radical (unpaired) electrons. The van der Waals surface area contributed by atoms with Gasteiger partial charge in [-0.05, 0) is 25.0 Å². The molecular formula is C18H17Cl2N3O2S2. The maximum absolute atomic E-state index is 12.7. The summed E-state index contributed by atoms with van der Waals surface area (Å²) in [5, 5.41) is 4.45. The van der Waals surface area contributed by atoms with Gasteiger partial charge in [0.15, 0.2) is 5.13 Å². The average molecular weight is 442 g/mol. The van der Waals surface area contributed by atoms with Crippen LogP contribution in [-0.2, 0) is 16.0 Å². The van der Waals surface area contributed by atoms with Gasteiger partial charge in [-0.25, -0.2) is 4.98 Å². The molecule has 1 aromatic heterocycles. The van der Waals surface area contributed by atoms with E-state index in [1.165, 1.54) is 11.3 Å². The molecule has 2 atom stereocenters. The molecule has 2 aliphatic rings. The zero-order valence-corrected chi connectivity index (χ0v) is 17.6. The Morgan fingerprint density at radius 2 is 2.26 bits per heavy atom. The number of hydrogen-bond acceptors (Lipinski definition) is 5.